The summed E-state index contributed by atoms with van der Waals surface area (Å²) in [7, 11) is 0. The molecule has 1 N–H and O–H groups in total. The molecule has 9 heteroatoms. The van der Waals surface area contributed by atoms with Crippen LogP contribution in [0, 0.1) is 5.92 Å². The molecule has 6 nitrogen and oxygen atoms in total. The van der Waals surface area contributed by atoms with Crippen molar-refractivity contribution in [2.45, 2.75) is 33.0 Å². The van der Waals surface area contributed by atoms with Gasteiger partial charge < -0.3 is 5.32 Å². The molecule has 1 aromatic rings. The zero-order valence-electron chi connectivity index (χ0n) is 11.2. The van der Waals surface area contributed by atoms with Crippen LogP contribution in [0.4, 0.5) is 13.2 Å². The smallest absolute Gasteiger partial charge is 0.354 e. The van der Waals surface area contributed by atoms with Gasteiger partial charge in [0.15, 0.2) is 5.69 Å². The van der Waals surface area contributed by atoms with E-state index in [9.17, 15) is 22.8 Å². The van der Waals surface area contributed by atoms with Crippen molar-refractivity contribution in [3.05, 3.63) is 11.9 Å². The summed E-state index contributed by atoms with van der Waals surface area (Å²) in [5.41, 5.74) is -0.832. The quantitative estimate of drug-likeness (QED) is 0.831. The number of carbonyl (C=O) groups excluding carboxylic acids is 2. The minimum atomic E-state index is -5.01. The molecule has 0 aromatic carbocycles. The van der Waals surface area contributed by atoms with Gasteiger partial charge in [0.05, 0.1) is 6.20 Å². The Morgan fingerprint density at radius 1 is 1.35 bits per heavy atom. The fraction of sp³-hybridized carbons (Fsp3) is 0.636. The molecule has 0 aliphatic carbocycles. The van der Waals surface area contributed by atoms with Crippen LogP contribution in [0.5, 0.6) is 0 Å². The van der Waals surface area contributed by atoms with Gasteiger partial charge >= 0.3 is 6.18 Å². The lowest BCUT2D eigenvalue weighted by molar-refractivity contribution is -0.124. The van der Waals surface area contributed by atoms with Crippen LogP contribution in [-0.4, -0.2) is 39.4 Å². The van der Waals surface area contributed by atoms with Crippen molar-refractivity contribution in [2.75, 3.05) is 6.54 Å². The van der Waals surface area contributed by atoms with Crippen molar-refractivity contribution < 1.29 is 22.8 Å². The van der Waals surface area contributed by atoms with Crippen LogP contribution < -0.4 is 5.32 Å². The molecular weight excluding hydrogens is 277 g/mol. The number of nitrogens with one attached hydrogen (secondary N) is 1. The average Bonchev–Trinajstić information content (AvgIpc) is 2.82. The van der Waals surface area contributed by atoms with E-state index in [1.165, 1.54) is 6.92 Å². The van der Waals surface area contributed by atoms with Gasteiger partial charge in [0.1, 0.15) is 6.04 Å². The summed E-state index contributed by atoms with van der Waals surface area (Å²) >= 11 is 0. The van der Waals surface area contributed by atoms with E-state index in [0.29, 0.717) is 6.54 Å². The second-order valence-electron chi connectivity index (χ2n) is 4.73. The number of rotatable bonds is 5. The van der Waals surface area contributed by atoms with Crippen molar-refractivity contribution in [1.82, 2.24) is 20.3 Å². The monoisotopic (exact) mass is 292 g/mol. The fourth-order valence-electron chi connectivity index (χ4n) is 1.29. The lowest BCUT2D eigenvalue weighted by Gasteiger charge is -2.13. The van der Waals surface area contributed by atoms with Crippen molar-refractivity contribution >= 4 is 11.7 Å². The maximum absolute atomic E-state index is 12.2. The minimum absolute atomic E-state index is 0.240. The van der Waals surface area contributed by atoms with Crippen molar-refractivity contribution in [2.24, 2.45) is 5.92 Å². The highest BCUT2D eigenvalue weighted by Gasteiger charge is 2.41. The van der Waals surface area contributed by atoms with Crippen molar-refractivity contribution in [3.63, 3.8) is 0 Å². The highest BCUT2D eigenvalue weighted by molar-refractivity contribution is 5.98. The molecule has 112 valence electrons. The number of carbonyl (C=O) groups is 2. The number of alkyl halides is 3. The van der Waals surface area contributed by atoms with Crippen LogP contribution in [-0.2, 0) is 4.79 Å². The van der Waals surface area contributed by atoms with E-state index in [2.05, 4.69) is 15.6 Å². The van der Waals surface area contributed by atoms with Crippen LogP contribution in [0.15, 0.2) is 6.20 Å². The molecule has 20 heavy (non-hydrogen) atoms. The van der Waals surface area contributed by atoms with E-state index in [-0.39, 0.29) is 5.92 Å². The van der Waals surface area contributed by atoms with Crippen LogP contribution in [0.2, 0.25) is 0 Å². The summed E-state index contributed by atoms with van der Waals surface area (Å²) in [5.74, 6) is -2.25. The summed E-state index contributed by atoms with van der Waals surface area (Å²) in [6.45, 7) is 5.69. The maximum Gasteiger partial charge on any atom is 0.456 e. The largest absolute Gasteiger partial charge is 0.456 e. The second kappa shape index (κ2) is 6.02. The van der Waals surface area contributed by atoms with Crippen LogP contribution in [0.1, 0.15) is 37.3 Å². The Bertz CT molecular complexity index is 496. The predicted octanol–water partition coefficient (Wildman–Crippen LogP) is 1.36. The number of halogens is 3. The molecule has 0 bridgehead atoms. The lowest BCUT2D eigenvalue weighted by Crippen LogP contribution is -2.33. The molecule has 0 saturated carbocycles. The first-order valence-corrected chi connectivity index (χ1v) is 5.94. The van der Waals surface area contributed by atoms with Gasteiger partial charge in [-0.3, -0.25) is 9.59 Å². The molecule has 1 amide bonds. The normalized spacial score (nSPS) is 13.3. The van der Waals surface area contributed by atoms with E-state index in [4.69, 9.17) is 0 Å². The number of ketones is 1. The summed E-state index contributed by atoms with van der Waals surface area (Å²) in [6.07, 6.45) is -4.19. The zero-order chi connectivity index (χ0) is 15.5. The molecule has 1 atom stereocenters. The first kappa shape index (κ1) is 16.1. The SMILES string of the molecule is CC(C)CNC(=O)C(C)n1cc(C(=O)C(F)(F)F)nn1. The topological polar surface area (TPSA) is 76.9 Å². The van der Waals surface area contributed by atoms with Gasteiger partial charge in [-0.2, -0.15) is 13.2 Å². The van der Waals surface area contributed by atoms with Gasteiger partial charge in [-0.15, -0.1) is 5.10 Å². The summed E-state index contributed by atoms with van der Waals surface area (Å²) < 4.78 is 37.5. The Morgan fingerprint density at radius 3 is 2.45 bits per heavy atom. The van der Waals surface area contributed by atoms with E-state index < -0.39 is 29.6 Å². The second-order valence-corrected chi connectivity index (χ2v) is 4.73. The number of nitrogens with zero attached hydrogens (tertiary/aromatic N) is 3. The first-order valence-electron chi connectivity index (χ1n) is 5.94. The third-order valence-corrected chi connectivity index (χ3v) is 2.46. The van der Waals surface area contributed by atoms with Crippen LogP contribution in [0.3, 0.4) is 0 Å². The number of hydrogen-bond donors (Lipinski definition) is 1. The van der Waals surface area contributed by atoms with E-state index >= 15 is 0 Å². The van der Waals surface area contributed by atoms with Crippen LogP contribution >= 0.6 is 0 Å². The van der Waals surface area contributed by atoms with Crippen LogP contribution in [0.25, 0.3) is 0 Å². The van der Waals surface area contributed by atoms with Crippen molar-refractivity contribution in [3.8, 4) is 0 Å². The number of Topliss-reactive ketones (excluding diaryl/α,β-unsaturated/α-hetero) is 1. The highest BCUT2D eigenvalue weighted by Crippen LogP contribution is 2.20. The molecule has 0 spiro atoms. The molecule has 0 fully saturated rings. The average molecular weight is 292 g/mol. The third-order valence-electron chi connectivity index (χ3n) is 2.46. The fourth-order valence-corrected chi connectivity index (χ4v) is 1.29. The van der Waals surface area contributed by atoms with Gasteiger partial charge in [-0.05, 0) is 12.8 Å². The van der Waals surface area contributed by atoms with Gasteiger partial charge in [0.2, 0.25) is 5.91 Å². The Kier molecular flexibility index (Phi) is 4.85. The lowest BCUT2D eigenvalue weighted by atomic mass is 10.2. The Hall–Kier alpha value is -1.93. The molecule has 1 unspecified atom stereocenters. The Morgan fingerprint density at radius 2 is 1.95 bits per heavy atom. The van der Waals surface area contributed by atoms with Gasteiger partial charge in [-0.25, -0.2) is 4.68 Å². The highest BCUT2D eigenvalue weighted by atomic mass is 19.4. The first-order chi connectivity index (χ1) is 9.12. The van der Waals surface area contributed by atoms with Gasteiger partial charge in [0, 0.05) is 6.54 Å². The third kappa shape index (κ3) is 4.04. The Balaban J connectivity index is 2.76. The molecular formula is C11H15F3N4O2. The van der Waals surface area contributed by atoms with E-state index in [1.54, 1.807) is 0 Å². The minimum Gasteiger partial charge on any atom is -0.354 e. The van der Waals surface area contributed by atoms with E-state index in [0.717, 1.165) is 10.9 Å². The summed E-state index contributed by atoms with van der Waals surface area (Å²) in [4.78, 5) is 22.7. The zero-order valence-corrected chi connectivity index (χ0v) is 11.2. The van der Waals surface area contributed by atoms with Gasteiger partial charge in [-0.1, -0.05) is 19.1 Å². The molecule has 0 radical (unpaired) electrons. The summed E-state index contributed by atoms with van der Waals surface area (Å²) in [5, 5.41) is 9.14. The molecule has 1 heterocycles. The number of hydrogen-bond acceptors (Lipinski definition) is 4. The molecule has 0 aliphatic heterocycles. The maximum atomic E-state index is 12.2. The number of amides is 1. The predicted molar refractivity (Wildman–Crippen MR) is 63.0 cm³/mol. The number of aromatic nitrogens is 3. The van der Waals surface area contributed by atoms with Crippen molar-refractivity contribution in [1.29, 1.82) is 0 Å². The molecule has 0 aliphatic rings. The Labute approximate surface area is 113 Å². The summed E-state index contributed by atoms with van der Waals surface area (Å²) in [6, 6.07) is -0.851. The molecule has 1 rings (SSSR count). The van der Waals surface area contributed by atoms with E-state index in [1.807, 2.05) is 13.8 Å². The molecule has 1 aromatic heterocycles. The molecule has 0 saturated heterocycles. The van der Waals surface area contributed by atoms with Gasteiger partial charge in [0.25, 0.3) is 5.78 Å². The standard InChI is InChI=1S/C11H15F3N4O2/c1-6(2)4-15-10(20)7(3)18-5-8(16-17-18)9(19)11(12,13)14/h5-7H,4H2,1-3H3,(H,15,20).